The van der Waals surface area contributed by atoms with Crippen molar-refractivity contribution in [2.24, 2.45) is 0 Å². The molecule has 0 radical (unpaired) electrons. The van der Waals surface area contributed by atoms with E-state index in [1.807, 2.05) is 0 Å². The molecule has 0 aromatic heterocycles. The molecular formula is C8H10O4S. The largest absolute Gasteiger partial charge is 0.504 e. The van der Waals surface area contributed by atoms with Crippen molar-refractivity contribution in [2.75, 3.05) is 6.61 Å². The summed E-state index contributed by atoms with van der Waals surface area (Å²) in [6, 6.07) is 4.32. The number of phenols is 1. The second kappa shape index (κ2) is 4.25. The van der Waals surface area contributed by atoms with Crippen molar-refractivity contribution in [2.45, 2.75) is 11.8 Å². The fourth-order valence-electron chi connectivity index (χ4n) is 0.931. The van der Waals surface area contributed by atoms with E-state index < -0.39 is 11.1 Å². The van der Waals surface area contributed by atoms with E-state index >= 15 is 0 Å². The number of benzene rings is 1. The van der Waals surface area contributed by atoms with Crippen LogP contribution < -0.4 is 4.74 Å². The van der Waals surface area contributed by atoms with Crippen LogP contribution in [-0.2, 0) is 11.1 Å². The number of ether oxygens (including phenoxy) is 1. The standard InChI is InChI=1S/C8H10O4S/c1-2-12-8-6(9)4-3-5-7(8)13(10)11/h3-5,9H,2H2,1H3,(H,10,11). The van der Waals surface area contributed by atoms with Gasteiger partial charge in [-0.25, -0.2) is 4.21 Å². The van der Waals surface area contributed by atoms with E-state index in [4.69, 9.17) is 9.29 Å². The number of aromatic hydroxyl groups is 1. The normalized spacial score (nSPS) is 12.5. The smallest absolute Gasteiger partial charge is 0.190 e. The highest BCUT2D eigenvalue weighted by Crippen LogP contribution is 2.31. The Bertz CT molecular complexity index is 324. The van der Waals surface area contributed by atoms with Crippen LogP contribution in [0.15, 0.2) is 23.1 Å². The second-order valence-electron chi connectivity index (χ2n) is 2.29. The van der Waals surface area contributed by atoms with Crippen molar-refractivity contribution in [3.05, 3.63) is 18.2 Å². The minimum atomic E-state index is -2.14. The van der Waals surface area contributed by atoms with Crippen LogP contribution in [0.1, 0.15) is 6.92 Å². The van der Waals surface area contributed by atoms with Gasteiger partial charge >= 0.3 is 0 Å². The predicted octanol–water partition coefficient (Wildman–Crippen LogP) is 1.37. The van der Waals surface area contributed by atoms with Crippen LogP contribution in [0.4, 0.5) is 0 Å². The van der Waals surface area contributed by atoms with Crippen molar-refractivity contribution < 1.29 is 18.6 Å². The zero-order valence-corrected chi connectivity index (χ0v) is 7.87. The van der Waals surface area contributed by atoms with Gasteiger partial charge in [-0.1, -0.05) is 6.07 Å². The lowest BCUT2D eigenvalue weighted by Gasteiger charge is -2.08. The van der Waals surface area contributed by atoms with Crippen molar-refractivity contribution >= 4 is 11.1 Å². The predicted molar refractivity (Wildman–Crippen MR) is 48.3 cm³/mol. The number of para-hydroxylation sites is 1. The van der Waals surface area contributed by atoms with Crippen LogP contribution in [0, 0.1) is 0 Å². The third-order valence-electron chi connectivity index (χ3n) is 1.43. The molecule has 4 nitrogen and oxygen atoms in total. The van der Waals surface area contributed by atoms with Gasteiger partial charge in [-0.15, -0.1) is 0 Å². The van der Waals surface area contributed by atoms with Gasteiger partial charge < -0.3 is 14.4 Å². The maximum absolute atomic E-state index is 10.8. The average Bonchev–Trinajstić information content (AvgIpc) is 2.08. The third-order valence-corrected chi connectivity index (χ3v) is 2.13. The summed E-state index contributed by atoms with van der Waals surface area (Å²) in [5, 5.41) is 9.30. The summed E-state index contributed by atoms with van der Waals surface area (Å²) in [5.41, 5.74) is 0. The van der Waals surface area contributed by atoms with Gasteiger partial charge in [-0.3, -0.25) is 0 Å². The molecule has 0 aliphatic heterocycles. The zero-order valence-electron chi connectivity index (χ0n) is 7.06. The van der Waals surface area contributed by atoms with Gasteiger partial charge in [0.25, 0.3) is 0 Å². The summed E-state index contributed by atoms with van der Waals surface area (Å²) in [7, 11) is 0. The van der Waals surface area contributed by atoms with Gasteiger partial charge in [0, 0.05) is 0 Å². The van der Waals surface area contributed by atoms with Gasteiger partial charge in [-0.2, -0.15) is 0 Å². The fraction of sp³-hybridized carbons (Fsp3) is 0.250. The van der Waals surface area contributed by atoms with Crippen LogP contribution in [0.5, 0.6) is 11.5 Å². The molecule has 1 unspecified atom stereocenters. The molecule has 0 heterocycles. The van der Waals surface area contributed by atoms with E-state index in [9.17, 15) is 9.32 Å². The lowest BCUT2D eigenvalue weighted by atomic mass is 10.3. The van der Waals surface area contributed by atoms with Crippen LogP contribution in [-0.4, -0.2) is 20.5 Å². The molecule has 0 fully saturated rings. The molecule has 1 aromatic carbocycles. The molecule has 0 aliphatic carbocycles. The van der Waals surface area contributed by atoms with Gasteiger partial charge in [0.05, 0.1) is 6.61 Å². The zero-order chi connectivity index (χ0) is 9.84. The van der Waals surface area contributed by atoms with Gasteiger partial charge in [0.15, 0.2) is 22.6 Å². The van der Waals surface area contributed by atoms with E-state index in [2.05, 4.69) is 0 Å². The van der Waals surface area contributed by atoms with Crippen LogP contribution in [0.2, 0.25) is 0 Å². The first-order valence-corrected chi connectivity index (χ1v) is 4.83. The maximum Gasteiger partial charge on any atom is 0.190 e. The number of rotatable bonds is 3. The molecule has 2 N–H and O–H groups in total. The molecule has 0 aliphatic rings. The van der Waals surface area contributed by atoms with Crippen molar-refractivity contribution in [3.63, 3.8) is 0 Å². The highest BCUT2D eigenvalue weighted by atomic mass is 32.2. The van der Waals surface area contributed by atoms with Gasteiger partial charge in [0.1, 0.15) is 4.90 Å². The van der Waals surface area contributed by atoms with Crippen LogP contribution in [0.25, 0.3) is 0 Å². The first kappa shape index (κ1) is 10.0. The minimum Gasteiger partial charge on any atom is -0.504 e. The van der Waals surface area contributed by atoms with Crippen molar-refractivity contribution in [1.29, 1.82) is 0 Å². The van der Waals surface area contributed by atoms with Crippen LogP contribution in [0.3, 0.4) is 0 Å². The van der Waals surface area contributed by atoms with E-state index in [1.165, 1.54) is 18.2 Å². The van der Waals surface area contributed by atoms with Gasteiger partial charge in [0.2, 0.25) is 0 Å². The van der Waals surface area contributed by atoms with E-state index in [0.717, 1.165) is 0 Å². The third kappa shape index (κ3) is 2.19. The highest BCUT2D eigenvalue weighted by Gasteiger charge is 2.12. The molecule has 0 bridgehead atoms. The molecule has 1 rings (SSSR count). The molecule has 0 spiro atoms. The fourth-order valence-corrected chi connectivity index (χ4v) is 1.45. The second-order valence-corrected chi connectivity index (χ2v) is 3.22. The molecule has 72 valence electrons. The Morgan fingerprint density at radius 1 is 1.54 bits per heavy atom. The van der Waals surface area contributed by atoms with E-state index in [1.54, 1.807) is 6.92 Å². The molecule has 0 saturated heterocycles. The summed E-state index contributed by atoms with van der Waals surface area (Å²) >= 11 is -2.14. The summed E-state index contributed by atoms with van der Waals surface area (Å²) < 4.78 is 24.6. The Hall–Kier alpha value is -1.07. The summed E-state index contributed by atoms with van der Waals surface area (Å²) in [5.74, 6) is -0.0485. The number of phenolic OH excluding ortho intramolecular Hbond substituents is 1. The summed E-state index contributed by atoms with van der Waals surface area (Å²) in [6.07, 6.45) is 0. The first-order chi connectivity index (χ1) is 6.16. The average molecular weight is 202 g/mol. The summed E-state index contributed by atoms with van der Waals surface area (Å²) in [6.45, 7) is 2.07. The number of hydrogen-bond acceptors (Lipinski definition) is 3. The quantitative estimate of drug-likeness (QED) is 0.726. The number of hydrogen-bond donors (Lipinski definition) is 2. The van der Waals surface area contributed by atoms with Gasteiger partial charge in [-0.05, 0) is 19.1 Å². The molecule has 1 atom stereocenters. The molecule has 1 aromatic rings. The lowest BCUT2D eigenvalue weighted by molar-refractivity contribution is 0.309. The lowest BCUT2D eigenvalue weighted by Crippen LogP contribution is -1.98. The van der Waals surface area contributed by atoms with Crippen molar-refractivity contribution in [3.8, 4) is 11.5 Å². The summed E-state index contributed by atoms with van der Waals surface area (Å²) in [4.78, 5) is 0.0850. The first-order valence-electron chi connectivity index (χ1n) is 3.72. The minimum absolute atomic E-state index is 0.0748. The van der Waals surface area contributed by atoms with E-state index in [-0.39, 0.29) is 16.4 Å². The topological polar surface area (TPSA) is 66.8 Å². The Labute approximate surface area is 78.4 Å². The van der Waals surface area contributed by atoms with Crippen LogP contribution >= 0.6 is 0 Å². The Morgan fingerprint density at radius 2 is 2.23 bits per heavy atom. The Kier molecular flexibility index (Phi) is 3.27. The van der Waals surface area contributed by atoms with E-state index in [0.29, 0.717) is 6.61 Å². The van der Waals surface area contributed by atoms with Crippen molar-refractivity contribution in [1.82, 2.24) is 0 Å². The maximum atomic E-state index is 10.8. The monoisotopic (exact) mass is 202 g/mol. The molecule has 0 saturated carbocycles. The molecule has 5 heteroatoms. The Morgan fingerprint density at radius 3 is 2.77 bits per heavy atom. The highest BCUT2D eigenvalue weighted by molar-refractivity contribution is 7.79. The molecule has 0 amide bonds. The SMILES string of the molecule is CCOc1c(O)cccc1S(=O)O. The molecular weight excluding hydrogens is 192 g/mol. The molecule has 13 heavy (non-hydrogen) atoms. The Balaban J connectivity index is 3.17.